The fourth-order valence-corrected chi connectivity index (χ4v) is 2.46. The maximum absolute atomic E-state index is 12.6. The molecule has 0 bridgehead atoms. The molecule has 0 amide bonds. The molecule has 0 aliphatic carbocycles. The first-order valence-electron chi connectivity index (χ1n) is 7.84. The second kappa shape index (κ2) is 6.68. The third kappa shape index (κ3) is 3.33. The highest BCUT2D eigenvalue weighted by molar-refractivity contribution is 5.98. The Morgan fingerprint density at radius 3 is 2.36 bits per heavy atom. The van der Waals surface area contributed by atoms with E-state index in [9.17, 15) is 9.90 Å². The van der Waals surface area contributed by atoms with E-state index in [1.165, 1.54) is 10.7 Å². The Bertz CT molecular complexity index is 956. The lowest BCUT2D eigenvalue weighted by atomic mass is 10.2. The van der Waals surface area contributed by atoms with Gasteiger partial charge in [-0.3, -0.25) is 4.79 Å². The molecule has 25 heavy (non-hydrogen) atoms. The van der Waals surface area contributed by atoms with E-state index in [1.54, 1.807) is 32.0 Å². The van der Waals surface area contributed by atoms with E-state index in [-0.39, 0.29) is 11.3 Å². The smallest absolute Gasteiger partial charge is 0.282 e. The summed E-state index contributed by atoms with van der Waals surface area (Å²) >= 11 is 0. The van der Waals surface area contributed by atoms with Gasteiger partial charge < -0.3 is 5.11 Å². The summed E-state index contributed by atoms with van der Waals surface area (Å²) in [6.07, 6.45) is 0. The van der Waals surface area contributed by atoms with Gasteiger partial charge in [0, 0.05) is 0 Å². The number of aryl methyl sites for hydroxylation is 2. The number of benzene rings is 2. The van der Waals surface area contributed by atoms with Crippen molar-refractivity contribution in [1.82, 2.24) is 9.78 Å². The lowest BCUT2D eigenvalue weighted by molar-refractivity contribution is 0.0939. The third-order valence-electron chi connectivity index (χ3n) is 3.88. The Hall–Kier alpha value is -3.28. The van der Waals surface area contributed by atoms with Gasteiger partial charge in [0.15, 0.2) is 0 Å². The van der Waals surface area contributed by atoms with Crippen molar-refractivity contribution in [2.45, 2.75) is 20.8 Å². The van der Waals surface area contributed by atoms with Crippen LogP contribution in [-0.4, -0.2) is 20.8 Å². The Kier molecular flexibility index (Phi) is 4.43. The Morgan fingerprint density at radius 1 is 1.00 bits per heavy atom. The minimum Gasteiger partial charge on any atom is -0.507 e. The molecule has 1 heterocycles. The van der Waals surface area contributed by atoms with Crippen LogP contribution in [0, 0.1) is 20.8 Å². The number of nitrogens with zero attached hydrogens (tertiary/aromatic N) is 4. The van der Waals surface area contributed by atoms with Crippen LogP contribution >= 0.6 is 0 Å². The van der Waals surface area contributed by atoms with Crippen molar-refractivity contribution in [2.24, 2.45) is 10.2 Å². The Morgan fingerprint density at radius 2 is 1.68 bits per heavy atom. The molecular weight excluding hydrogens is 316 g/mol. The summed E-state index contributed by atoms with van der Waals surface area (Å²) in [6.45, 7) is 5.52. The molecule has 2 aromatic carbocycles. The van der Waals surface area contributed by atoms with Gasteiger partial charge in [-0.15, -0.1) is 5.11 Å². The van der Waals surface area contributed by atoms with Crippen LogP contribution in [0.4, 0.5) is 11.4 Å². The molecule has 0 saturated carbocycles. The maximum atomic E-state index is 12.6. The fourth-order valence-electron chi connectivity index (χ4n) is 2.46. The summed E-state index contributed by atoms with van der Waals surface area (Å²) in [5.41, 5.74) is 3.77. The zero-order valence-corrected chi connectivity index (χ0v) is 14.3. The van der Waals surface area contributed by atoms with Crippen LogP contribution in [0.25, 0.3) is 0 Å². The van der Waals surface area contributed by atoms with Gasteiger partial charge in [0.1, 0.15) is 11.4 Å². The lowest BCUT2D eigenvalue weighted by Crippen LogP contribution is -2.15. The fraction of sp³-hybridized carbons (Fsp3) is 0.158. The molecule has 3 aromatic rings. The van der Waals surface area contributed by atoms with Crippen LogP contribution in [0.15, 0.2) is 58.8 Å². The topological polar surface area (TPSA) is 79.8 Å². The van der Waals surface area contributed by atoms with E-state index in [4.69, 9.17) is 0 Å². The van der Waals surface area contributed by atoms with Crippen molar-refractivity contribution in [3.8, 4) is 5.75 Å². The standard InChI is InChI=1S/C19H18N4O2/c1-12-8-10-15(11-9-12)20-21-18-13(2)22-23(14(18)3)19(25)16-6-4-5-7-17(16)24/h4-11,24H,1-3H3. The van der Waals surface area contributed by atoms with Crippen molar-refractivity contribution in [1.29, 1.82) is 0 Å². The van der Waals surface area contributed by atoms with E-state index in [0.29, 0.717) is 17.1 Å². The summed E-state index contributed by atoms with van der Waals surface area (Å²) in [6, 6.07) is 14.0. The number of aromatic nitrogens is 2. The molecule has 0 atom stereocenters. The molecular formula is C19H18N4O2. The molecule has 0 fully saturated rings. The van der Waals surface area contributed by atoms with Crippen molar-refractivity contribution in [3.63, 3.8) is 0 Å². The van der Waals surface area contributed by atoms with Gasteiger partial charge in [-0.25, -0.2) is 0 Å². The molecule has 0 spiro atoms. The van der Waals surface area contributed by atoms with Gasteiger partial charge in [0.25, 0.3) is 5.91 Å². The van der Waals surface area contributed by atoms with Crippen LogP contribution in [0.1, 0.15) is 27.3 Å². The van der Waals surface area contributed by atoms with E-state index in [1.807, 2.05) is 31.2 Å². The molecule has 0 aliphatic heterocycles. The van der Waals surface area contributed by atoms with Crippen LogP contribution in [0.5, 0.6) is 5.75 Å². The number of aromatic hydroxyl groups is 1. The normalized spacial score (nSPS) is 11.2. The highest BCUT2D eigenvalue weighted by Gasteiger charge is 2.20. The zero-order valence-electron chi connectivity index (χ0n) is 14.3. The van der Waals surface area contributed by atoms with Gasteiger partial charge in [0.2, 0.25) is 0 Å². The van der Waals surface area contributed by atoms with E-state index in [0.717, 1.165) is 11.3 Å². The van der Waals surface area contributed by atoms with Gasteiger partial charge in [0.05, 0.1) is 22.6 Å². The molecule has 0 radical (unpaired) electrons. The van der Waals surface area contributed by atoms with Gasteiger partial charge in [-0.1, -0.05) is 29.8 Å². The predicted molar refractivity (Wildman–Crippen MR) is 94.9 cm³/mol. The average molecular weight is 334 g/mol. The third-order valence-corrected chi connectivity index (χ3v) is 3.88. The quantitative estimate of drug-likeness (QED) is 0.710. The summed E-state index contributed by atoms with van der Waals surface area (Å²) in [5.74, 6) is -0.488. The largest absolute Gasteiger partial charge is 0.507 e. The van der Waals surface area contributed by atoms with Crippen molar-refractivity contribution in [2.75, 3.05) is 0 Å². The predicted octanol–water partition coefficient (Wildman–Crippen LogP) is 4.62. The Balaban J connectivity index is 1.95. The molecule has 1 N–H and O–H groups in total. The second-order valence-corrected chi connectivity index (χ2v) is 5.79. The molecule has 3 rings (SSSR count). The molecule has 1 aromatic heterocycles. The number of hydrogen-bond acceptors (Lipinski definition) is 5. The van der Waals surface area contributed by atoms with Crippen LogP contribution < -0.4 is 0 Å². The number of carbonyl (C=O) groups is 1. The molecule has 0 saturated heterocycles. The molecule has 6 nitrogen and oxygen atoms in total. The van der Waals surface area contributed by atoms with Crippen molar-refractivity contribution in [3.05, 3.63) is 71.0 Å². The minimum atomic E-state index is -0.407. The van der Waals surface area contributed by atoms with E-state index in [2.05, 4.69) is 15.3 Å². The SMILES string of the molecule is Cc1ccc(N=Nc2c(C)nn(C(=O)c3ccccc3O)c2C)cc1. The summed E-state index contributed by atoms with van der Waals surface area (Å²) in [4.78, 5) is 12.6. The van der Waals surface area contributed by atoms with E-state index >= 15 is 0 Å². The highest BCUT2D eigenvalue weighted by Crippen LogP contribution is 2.27. The number of rotatable bonds is 3. The summed E-state index contributed by atoms with van der Waals surface area (Å²) in [7, 11) is 0. The van der Waals surface area contributed by atoms with Gasteiger partial charge in [-0.05, 0) is 45.0 Å². The van der Waals surface area contributed by atoms with Crippen molar-refractivity contribution < 1.29 is 9.90 Å². The molecule has 0 unspecified atom stereocenters. The maximum Gasteiger partial charge on any atom is 0.282 e. The monoisotopic (exact) mass is 334 g/mol. The van der Waals surface area contributed by atoms with E-state index < -0.39 is 5.91 Å². The number of phenolic OH excluding ortho intramolecular Hbond substituents is 1. The number of hydrogen-bond donors (Lipinski definition) is 1. The molecule has 6 heteroatoms. The summed E-state index contributed by atoms with van der Waals surface area (Å²) in [5, 5.41) is 22.6. The summed E-state index contributed by atoms with van der Waals surface area (Å²) < 4.78 is 1.24. The van der Waals surface area contributed by atoms with Gasteiger partial charge in [-0.2, -0.15) is 14.9 Å². The first-order chi connectivity index (χ1) is 12.0. The van der Waals surface area contributed by atoms with Crippen LogP contribution in [0.2, 0.25) is 0 Å². The number of para-hydroxylation sites is 1. The van der Waals surface area contributed by atoms with Crippen LogP contribution in [0.3, 0.4) is 0 Å². The minimum absolute atomic E-state index is 0.0807. The number of azo groups is 1. The second-order valence-electron chi connectivity index (χ2n) is 5.79. The molecule has 0 aliphatic rings. The highest BCUT2D eigenvalue weighted by atomic mass is 16.3. The Labute approximate surface area is 145 Å². The van der Waals surface area contributed by atoms with Crippen LogP contribution in [-0.2, 0) is 0 Å². The number of carbonyl (C=O) groups excluding carboxylic acids is 1. The number of phenols is 1. The molecule has 126 valence electrons. The first-order valence-corrected chi connectivity index (χ1v) is 7.84. The lowest BCUT2D eigenvalue weighted by Gasteiger charge is -2.04. The zero-order chi connectivity index (χ0) is 18.0. The average Bonchev–Trinajstić information content (AvgIpc) is 2.89. The van der Waals surface area contributed by atoms with Gasteiger partial charge >= 0.3 is 0 Å². The first kappa shape index (κ1) is 16.6. The van der Waals surface area contributed by atoms with Crippen molar-refractivity contribution >= 4 is 17.3 Å².